The maximum atomic E-state index is 13.3. The number of alkyl halides is 2. The fourth-order valence-electron chi connectivity index (χ4n) is 1.10. The van der Waals surface area contributed by atoms with Crippen LogP contribution in [0.2, 0.25) is 0 Å². The zero-order valence-corrected chi connectivity index (χ0v) is 7.71. The van der Waals surface area contributed by atoms with E-state index in [0.29, 0.717) is 0 Å². The molecule has 1 N–H and O–H groups in total. The van der Waals surface area contributed by atoms with Crippen molar-refractivity contribution in [2.24, 2.45) is 0 Å². The Balaban J connectivity index is 2.76. The van der Waals surface area contributed by atoms with Gasteiger partial charge in [-0.1, -0.05) is 12.1 Å². The Kier molecular flexibility index (Phi) is 3.34. The molecule has 0 aromatic heterocycles. The highest BCUT2D eigenvalue weighted by molar-refractivity contribution is 5.66. The number of halogens is 3. The van der Waals surface area contributed by atoms with Crippen LogP contribution >= 0.6 is 0 Å². The Morgan fingerprint density at radius 1 is 1.27 bits per heavy atom. The highest BCUT2D eigenvalue weighted by Crippen LogP contribution is 2.32. The van der Waals surface area contributed by atoms with E-state index in [9.17, 15) is 18.0 Å². The van der Waals surface area contributed by atoms with Crippen molar-refractivity contribution in [3.63, 3.8) is 0 Å². The summed E-state index contributed by atoms with van der Waals surface area (Å²) in [5.74, 6) is -5.11. The van der Waals surface area contributed by atoms with E-state index in [1.54, 1.807) is 0 Å². The molecule has 2 nitrogen and oxygen atoms in total. The maximum absolute atomic E-state index is 13.3. The third-order valence-electron chi connectivity index (χ3n) is 1.92. The SMILES string of the molecule is O=C(O)CCC(F)(F)c1ccc(F)cc1. The number of carboxylic acid groups (broad SMARTS) is 1. The molecule has 5 heteroatoms. The lowest BCUT2D eigenvalue weighted by atomic mass is 10.0. The Hall–Kier alpha value is -1.52. The van der Waals surface area contributed by atoms with Crippen molar-refractivity contribution in [2.45, 2.75) is 18.8 Å². The zero-order chi connectivity index (χ0) is 11.5. The molecule has 0 heterocycles. The van der Waals surface area contributed by atoms with Crippen molar-refractivity contribution < 1.29 is 23.1 Å². The van der Waals surface area contributed by atoms with Crippen molar-refractivity contribution in [1.29, 1.82) is 0 Å². The summed E-state index contributed by atoms with van der Waals surface area (Å²) in [7, 11) is 0. The number of benzene rings is 1. The summed E-state index contributed by atoms with van der Waals surface area (Å²) in [6.45, 7) is 0. The standard InChI is InChI=1S/C10H9F3O2/c11-8-3-1-7(2-4-8)10(12,13)6-5-9(14)15/h1-4H,5-6H2,(H,14,15). The molecule has 0 spiro atoms. The molecule has 0 saturated heterocycles. The molecule has 0 unspecified atom stereocenters. The molecule has 0 aliphatic heterocycles. The largest absolute Gasteiger partial charge is 0.481 e. The molecule has 1 rings (SSSR count). The van der Waals surface area contributed by atoms with Crippen LogP contribution in [-0.2, 0) is 10.7 Å². The van der Waals surface area contributed by atoms with Gasteiger partial charge in [-0.2, -0.15) is 0 Å². The van der Waals surface area contributed by atoms with Gasteiger partial charge in [-0.3, -0.25) is 4.79 Å². The van der Waals surface area contributed by atoms with Crippen LogP contribution in [0.4, 0.5) is 13.2 Å². The number of rotatable bonds is 4. The van der Waals surface area contributed by atoms with Crippen molar-refractivity contribution in [1.82, 2.24) is 0 Å². The number of carbonyl (C=O) groups is 1. The van der Waals surface area contributed by atoms with Gasteiger partial charge in [0.15, 0.2) is 0 Å². The van der Waals surface area contributed by atoms with E-state index in [-0.39, 0.29) is 5.56 Å². The maximum Gasteiger partial charge on any atom is 0.303 e. The fourth-order valence-corrected chi connectivity index (χ4v) is 1.10. The molecule has 82 valence electrons. The first-order valence-electron chi connectivity index (χ1n) is 4.27. The molecule has 0 radical (unpaired) electrons. The first kappa shape index (κ1) is 11.6. The molecule has 1 aromatic rings. The Bertz CT molecular complexity index is 346. The molecular formula is C10H9F3O2. The highest BCUT2D eigenvalue weighted by Gasteiger charge is 2.31. The zero-order valence-electron chi connectivity index (χ0n) is 7.71. The van der Waals surface area contributed by atoms with Gasteiger partial charge in [0.1, 0.15) is 5.82 Å². The van der Waals surface area contributed by atoms with E-state index in [0.717, 1.165) is 24.3 Å². The van der Waals surface area contributed by atoms with Crippen molar-refractivity contribution in [3.05, 3.63) is 35.6 Å². The second-order valence-corrected chi connectivity index (χ2v) is 3.11. The third kappa shape index (κ3) is 3.27. The summed E-state index contributed by atoms with van der Waals surface area (Å²) in [5, 5.41) is 8.27. The van der Waals surface area contributed by atoms with Gasteiger partial charge >= 0.3 is 5.97 Å². The fraction of sp³-hybridized carbons (Fsp3) is 0.300. The van der Waals surface area contributed by atoms with Crippen LogP contribution in [0.5, 0.6) is 0 Å². The van der Waals surface area contributed by atoms with Gasteiger partial charge in [-0.25, -0.2) is 13.2 Å². The highest BCUT2D eigenvalue weighted by atomic mass is 19.3. The summed E-state index contributed by atoms with van der Waals surface area (Å²) in [5.41, 5.74) is -0.370. The first-order chi connectivity index (χ1) is 6.92. The molecule has 1 aromatic carbocycles. The second kappa shape index (κ2) is 4.33. The smallest absolute Gasteiger partial charge is 0.303 e. The lowest BCUT2D eigenvalue weighted by Gasteiger charge is -2.15. The summed E-state index contributed by atoms with van der Waals surface area (Å²) in [6, 6.07) is 3.75. The molecule has 0 aliphatic rings. The summed E-state index contributed by atoms with van der Waals surface area (Å²) < 4.78 is 39.0. The van der Waals surface area contributed by atoms with Gasteiger partial charge < -0.3 is 5.11 Å². The molecular weight excluding hydrogens is 209 g/mol. The van der Waals surface area contributed by atoms with Crippen LogP contribution in [0.25, 0.3) is 0 Å². The van der Waals surface area contributed by atoms with Crippen molar-refractivity contribution in [2.75, 3.05) is 0 Å². The Morgan fingerprint density at radius 3 is 2.27 bits per heavy atom. The molecule has 0 atom stereocenters. The molecule has 0 saturated carbocycles. The van der Waals surface area contributed by atoms with Crippen LogP contribution < -0.4 is 0 Å². The molecule has 0 bridgehead atoms. The minimum absolute atomic E-state index is 0.370. The number of hydrogen-bond acceptors (Lipinski definition) is 1. The predicted molar refractivity (Wildman–Crippen MR) is 47.2 cm³/mol. The Morgan fingerprint density at radius 2 is 1.80 bits per heavy atom. The average molecular weight is 218 g/mol. The van der Waals surface area contributed by atoms with Gasteiger partial charge in [-0.15, -0.1) is 0 Å². The number of aliphatic carboxylic acids is 1. The quantitative estimate of drug-likeness (QED) is 0.843. The van der Waals surface area contributed by atoms with E-state index in [1.165, 1.54) is 0 Å². The van der Waals surface area contributed by atoms with Crippen molar-refractivity contribution in [3.8, 4) is 0 Å². The second-order valence-electron chi connectivity index (χ2n) is 3.11. The van der Waals surface area contributed by atoms with Crippen LogP contribution in [0.3, 0.4) is 0 Å². The van der Waals surface area contributed by atoms with Crippen LogP contribution in [0.15, 0.2) is 24.3 Å². The Labute approximate surface area is 84.3 Å². The average Bonchev–Trinajstić information content (AvgIpc) is 2.16. The van der Waals surface area contributed by atoms with E-state index in [2.05, 4.69) is 0 Å². The van der Waals surface area contributed by atoms with Gasteiger partial charge in [0.25, 0.3) is 5.92 Å². The summed E-state index contributed by atoms with van der Waals surface area (Å²) in [4.78, 5) is 10.1. The lowest BCUT2D eigenvalue weighted by molar-refractivity contribution is -0.139. The van der Waals surface area contributed by atoms with Crippen LogP contribution in [0, 0.1) is 5.82 Å². The van der Waals surface area contributed by atoms with Gasteiger partial charge in [-0.05, 0) is 12.1 Å². The normalized spacial score (nSPS) is 11.4. The third-order valence-corrected chi connectivity index (χ3v) is 1.92. The van der Waals surface area contributed by atoms with Crippen LogP contribution in [0.1, 0.15) is 18.4 Å². The number of carboxylic acids is 1. The molecule has 0 fully saturated rings. The first-order valence-corrected chi connectivity index (χ1v) is 4.27. The summed E-state index contributed by atoms with van der Waals surface area (Å²) in [6.07, 6.45) is -1.40. The summed E-state index contributed by atoms with van der Waals surface area (Å²) >= 11 is 0. The predicted octanol–water partition coefficient (Wildman–Crippen LogP) is 2.78. The molecule has 0 amide bonds. The molecule has 0 aliphatic carbocycles. The van der Waals surface area contributed by atoms with E-state index >= 15 is 0 Å². The van der Waals surface area contributed by atoms with Crippen molar-refractivity contribution >= 4 is 5.97 Å². The van der Waals surface area contributed by atoms with Gasteiger partial charge in [0.05, 0.1) is 6.42 Å². The molecule has 15 heavy (non-hydrogen) atoms. The van der Waals surface area contributed by atoms with Crippen LogP contribution in [-0.4, -0.2) is 11.1 Å². The lowest BCUT2D eigenvalue weighted by Crippen LogP contribution is -2.15. The van der Waals surface area contributed by atoms with E-state index in [1.807, 2.05) is 0 Å². The minimum atomic E-state index is -3.23. The topological polar surface area (TPSA) is 37.3 Å². The monoisotopic (exact) mass is 218 g/mol. The van der Waals surface area contributed by atoms with Gasteiger partial charge in [0, 0.05) is 12.0 Å². The van der Waals surface area contributed by atoms with E-state index in [4.69, 9.17) is 5.11 Å². The number of hydrogen-bond donors (Lipinski definition) is 1. The van der Waals surface area contributed by atoms with E-state index < -0.39 is 30.6 Å². The van der Waals surface area contributed by atoms with Gasteiger partial charge in [0.2, 0.25) is 0 Å². The minimum Gasteiger partial charge on any atom is -0.481 e.